The molecule has 1 aliphatic carbocycles. The SMILES string of the molecule is CC(C)(C)C(=O)C(=CC1CCCCC1)n1ccnn1. The molecule has 0 atom stereocenters. The summed E-state index contributed by atoms with van der Waals surface area (Å²) < 4.78 is 1.61. The van der Waals surface area contributed by atoms with Gasteiger partial charge in [0.05, 0.1) is 12.4 Å². The summed E-state index contributed by atoms with van der Waals surface area (Å²) in [6.45, 7) is 5.84. The molecule has 4 heteroatoms. The highest BCUT2D eigenvalue weighted by Gasteiger charge is 2.27. The molecule has 0 spiro atoms. The smallest absolute Gasteiger partial charge is 0.186 e. The van der Waals surface area contributed by atoms with Crippen LogP contribution in [0.25, 0.3) is 5.70 Å². The lowest BCUT2D eigenvalue weighted by Crippen LogP contribution is -2.25. The number of hydrogen-bond acceptors (Lipinski definition) is 3. The number of allylic oxidation sites excluding steroid dienone is 2. The Labute approximate surface area is 114 Å². The number of nitrogens with zero attached hydrogens (tertiary/aromatic N) is 3. The summed E-state index contributed by atoms with van der Waals surface area (Å²) in [4.78, 5) is 12.6. The Bertz CT molecular complexity index is 448. The summed E-state index contributed by atoms with van der Waals surface area (Å²) in [5, 5.41) is 7.81. The van der Waals surface area contributed by atoms with Gasteiger partial charge in [-0.25, -0.2) is 4.68 Å². The van der Waals surface area contributed by atoms with Gasteiger partial charge in [-0.05, 0) is 18.8 Å². The number of Topliss-reactive ketones (excluding diaryl/α,β-unsaturated/α-hetero) is 1. The maximum Gasteiger partial charge on any atom is 0.186 e. The summed E-state index contributed by atoms with van der Waals surface area (Å²) in [7, 11) is 0. The molecule has 1 fully saturated rings. The van der Waals surface area contributed by atoms with Gasteiger partial charge in [-0.1, -0.05) is 51.3 Å². The highest BCUT2D eigenvalue weighted by Crippen LogP contribution is 2.29. The molecule has 0 aromatic carbocycles. The minimum Gasteiger partial charge on any atom is -0.292 e. The van der Waals surface area contributed by atoms with Crippen molar-refractivity contribution < 1.29 is 4.79 Å². The molecular formula is C15H23N3O. The number of aromatic nitrogens is 3. The predicted molar refractivity (Wildman–Crippen MR) is 75.3 cm³/mol. The highest BCUT2D eigenvalue weighted by atomic mass is 16.1. The van der Waals surface area contributed by atoms with Crippen LogP contribution in [-0.4, -0.2) is 20.8 Å². The van der Waals surface area contributed by atoms with Crippen molar-refractivity contribution in [3.8, 4) is 0 Å². The van der Waals surface area contributed by atoms with E-state index in [0.717, 1.165) is 0 Å². The van der Waals surface area contributed by atoms with Gasteiger partial charge in [0, 0.05) is 5.41 Å². The normalized spacial score (nSPS) is 18.6. The van der Waals surface area contributed by atoms with Crippen molar-refractivity contribution in [3.05, 3.63) is 18.5 Å². The molecule has 0 aliphatic heterocycles. The van der Waals surface area contributed by atoms with E-state index in [9.17, 15) is 4.79 Å². The molecule has 4 nitrogen and oxygen atoms in total. The first-order valence-electron chi connectivity index (χ1n) is 7.12. The summed E-state index contributed by atoms with van der Waals surface area (Å²) in [6.07, 6.45) is 11.7. The molecule has 0 amide bonds. The standard InChI is InChI=1S/C15H23N3O/c1-15(2,3)14(19)13(18-10-9-16-17-18)11-12-7-5-4-6-8-12/h9-12H,4-8H2,1-3H3. The van der Waals surface area contributed by atoms with Crippen LogP contribution in [0.5, 0.6) is 0 Å². The van der Waals surface area contributed by atoms with Crippen LogP contribution in [-0.2, 0) is 4.79 Å². The number of ketones is 1. The molecule has 0 bridgehead atoms. The van der Waals surface area contributed by atoms with Crippen molar-refractivity contribution in [2.24, 2.45) is 11.3 Å². The summed E-state index contributed by atoms with van der Waals surface area (Å²) >= 11 is 0. The molecule has 0 saturated heterocycles. The fraction of sp³-hybridized carbons (Fsp3) is 0.667. The third-order valence-electron chi connectivity index (χ3n) is 3.63. The Morgan fingerprint density at radius 3 is 2.47 bits per heavy atom. The fourth-order valence-electron chi connectivity index (χ4n) is 2.50. The first-order chi connectivity index (χ1) is 8.98. The number of hydrogen-bond donors (Lipinski definition) is 0. The van der Waals surface area contributed by atoms with E-state index in [0.29, 0.717) is 11.6 Å². The van der Waals surface area contributed by atoms with Gasteiger partial charge < -0.3 is 0 Å². The van der Waals surface area contributed by atoms with E-state index in [4.69, 9.17) is 0 Å². The van der Waals surface area contributed by atoms with Crippen LogP contribution in [0, 0.1) is 11.3 Å². The molecule has 0 unspecified atom stereocenters. The Hall–Kier alpha value is -1.45. The van der Waals surface area contributed by atoms with E-state index in [1.807, 2.05) is 20.8 Å². The van der Waals surface area contributed by atoms with Gasteiger partial charge in [0.15, 0.2) is 5.78 Å². The number of carbonyl (C=O) groups is 1. The van der Waals surface area contributed by atoms with Crippen molar-refractivity contribution >= 4 is 11.5 Å². The second-order valence-electron chi connectivity index (χ2n) is 6.38. The first kappa shape index (κ1) is 14.0. The molecule has 1 saturated carbocycles. The first-order valence-corrected chi connectivity index (χ1v) is 7.12. The van der Waals surface area contributed by atoms with Crippen LogP contribution >= 0.6 is 0 Å². The molecule has 2 rings (SSSR count). The molecular weight excluding hydrogens is 238 g/mol. The van der Waals surface area contributed by atoms with E-state index in [1.165, 1.54) is 32.1 Å². The van der Waals surface area contributed by atoms with Crippen LogP contribution in [0.2, 0.25) is 0 Å². The molecule has 0 radical (unpaired) electrons. The van der Waals surface area contributed by atoms with Crippen molar-refractivity contribution in [1.82, 2.24) is 15.0 Å². The van der Waals surface area contributed by atoms with E-state index >= 15 is 0 Å². The van der Waals surface area contributed by atoms with Crippen LogP contribution in [0.4, 0.5) is 0 Å². The monoisotopic (exact) mass is 261 g/mol. The average Bonchev–Trinajstić information content (AvgIpc) is 2.89. The van der Waals surface area contributed by atoms with E-state index in [-0.39, 0.29) is 5.78 Å². The molecule has 1 heterocycles. The van der Waals surface area contributed by atoms with Gasteiger partial charge in [-0.3, -0.25) is 4.79 Å². The largest absolute Gasteiger partial charge is 0.292 e. The van der Waals surface area contributed by atoms with Gasteiger partial charge in [0.1, 0.15) is 5.70 Å². The summed E-state index contributed by atoms with van der Waals surface area (Å²) in [5.41, 5.74) is 0.281. The molecule has 19 heavy (non-hydrogen) atoms. The molecule has 1 aromatic rings. The number of rotatable bonds is 3. The summed E-state index contributed by atoms with van der Waals surface area (Å²) in [5.74, 6) is 0.628. The third kappa shape index (κ3) is 3.52. The third-order valence-corrected chi connectivity index (χ3v) is 3.63. The molecule has 1 aliphatic rings. The van der Waals surface area contributed by atoms with Crippen LogP contribution in [0.15, 0.2) is 18.5 Å². The lowest BCUT2D eigenvalue weighted by molar-refractivity contribution is -0.120. The Kier molecular flexibility index (Phi) is 4.17. The molecule has 0 N–H and O–H groups in total. The Balaban J connectivity index is 2.29. The van der Waals surface area contributed by atoms with Crippen LogP contribution in [0.3, 0.4) is 0 Å². The topological polar surface area (TPSA) is 47.8 Å². The zero-order chi connectivity index (χ0) is 13.9. The molecule has 104 valence electrons. The highest BCUT2D eigenvalue weighted by molar-refractivity contribution is 6.17. The maximum atomic E-state index is 12.6. The average molecular weight is 261 g/mol. The van der Waals surface area contributed by atoms with E-state index in [2.05, 4.69) is 16.4 Å². The lowest BCUT2D eigenvalue weighted by atomic mass is 9.84. The summed E-state index contributed by atoms with van der Waals surface area (Å²) in [6, 6.07) is 0. The van der Waals surface area contributed by atoms with Crippen LogP contribution in [0.1, 0.15) is 52.9 Å². The van der Waals surface area contributed by atoms with Crippen molar-refractivity contribution in [1.29, 1.82) is 0 Å². The second kappa shape index (κ2) is 5.68. The number of carbonyl (C=O) groups excluding carboxylic acids is 1. The zero-order valence-electron chi connectivity index (χ0n) is 12.1. The van der Waals surface area contributed by atoms with Crippen molar-refractivity contribution in [3.63, 3.8) is 0 Å². The molecule has 1 aromatic heterocycles. The fourth-order valence-corrected chi connectivity index (χ4v) is 2.50. The Morgan fingerprint density at radius 1 is 1.26 bits per heavy atom. The van der Waals surface area contributed by atoms with E-state index in [1.54, 1.807) is 17.1 Å². The van der Waals surface area contributed by atoms with Gasteiger partial charge in [0.25, 0.3) is 0 Å². The zero-order valence-corrected chi connectivity index (χ0v) is 12.1. The second-order valence-corrected chi connectivity index (χ2v) is 6.38. The van der Waals surface area contributed by atoms with Crippen molar-refractivity contribution in [2.45, 2.75) is 52.9 Å². The predicted octanol–water partition coefficient (Wildman–Crippen LogP) is 3.31. The van der Waals surface area contributed by atoms with Gasteiger partial charge in [-0.2, -0.15) is 0 Å². The van der Waals surface area contributed by atoms with Crippen molar-refractivity contribution in [2.75, 3.05) is 0 Å². The minimum atomic E-state index is -0.396. The maximum absolute atomic E-state index is 12.6. The minimum absolute atomic E-state index is 0.128. The van der Waals surface area contributed by atoms with Crippen LogP contribution < -0.4 is 0 Å². The lowest BCUT2D eigenvalue weighted by Gasteiger charge is -2.22. The van der Waals surface area contributed by atoms with Gasteiger partial charge >= 0.3 is 0 Å². The van der Waals surface area contributed by atoms with Gasteiger partial charge in [0.2, 0.25) is 0 Å². The Morgan fingerprint density at radius 2 is 1.95 bits per heavy atom. The van der Waals surface area contributed by atoms with Gasteiger partial charge in [-0.15, -0.1) is 5.10 Å². The quantitative estimate of drug-likeness (QED) is 0.784. The van der Waals surface area contributed by atoms with E-state index < -0.39 is 5.41 Å².